The molecular weight excluding hydrogens is 479 g/mol. The predicted molar refractivity (Wildman–Crippen MR) is 122 cm³/mol. The highest BCUT2D eigenvalue weighted by atomic mass is 19.4. The summed E-state index contributed by atoms with van der Waals surface area (Å²) in [6, 6.07) is 14.8. The van der Waals surface area contributed by atoms with Crippen molar-refractivity contribution in [2.24, 2.45) is 0 Å². The van der Waals surface area contributed by atoms with Crippen molar-refractivity contribution in [2.45, 2.75) is 32.2 Å². The van der Waals surface area contributed by atoms with E-state index < -0.39 is 17.7 Å². The Kier molecular flexibility index (Phi) is 6.40. The molecule has 186 valence electrons. The third kappa shape index (κ3) is 5.45. The maximum absolute atomic E-state index is 12.5. The molecule has 0 unspecified atom stereocenters. The quantitative estimate of drug-likeness (QED) is 0.386. The zero-order valence-corrected chi connectivity index (χ0v) is 19.1. The molecule has 0 atom stereocenters. The summed E-state index contributed by atoms with van der Waals surface area (Å²) in [5.74, 6) is -1.09. The fourth-order valence-corrected chi connectivity index (χ4v) is 3.42. The lowest BCUT2D eigenvalue weighted by atomic mass is 9.84. The lowest BCUT2D eigenvalue weighted by Crippen LogP contribution is -2.28. The molecule has 0 aliphatic carbocycles. The number of carbonyl (C=O) groups is 1. The maximum Gasteiger partial charge on any atom is 0.573 e. The van der Waals surface area contributed by atoms with Crippen molar-refractivity contribution in [1.29, 1.82) is 0 Å². The van der Waals surface area contributed by atoms with E-state index in [-0.39, 0.29) is 29.6 Å². The van der Waals surface area contributed by atoms with Gasteiger partial charge in [-0.15, -0.1) is 13.2 Å². The van der Waals surface area contributed by atoms with Crippen molar-refractivity contribution in [3.05, 3.63) is 88.3 Å². The van der Waals surface area contributed by atoms with Crippen LogP contribution in [0, 0.1) is 0 Å². The van der Waals surface area contributed by atoms with E-state index in [9.17, 15) is 27.9 Å². The molecule has 4 aromatic rings. The van der Waals surface area contributed by atoms with E-state index in [1.807, 2.05) is 0 Å². The van der Waals surface area contributed by atoms with Gasteiger partial charge >= 0.3 is 12.3 Å². The molecule has 0 bridgehead atoms. The van der Waals surface area contributed by atoms with E-state index in [0.717, 1.165) is 17.7 Å². The molecular formula is C25H20F3N3O5. The van der Waals surface area contributed by atoms with Crippen LogP contribution < -0.4 is 10.3 Å². The standard InChI is InChI=1S/C25H20F3N3O5/c1-24(2,23(33)34)18-5-3-4-15(12-18)13-31-14-17(8-11-20(31)32)22-29-21(30-36-22)16-6-9-19(10-7-16)35-25(26,27)28/h3-12,14H,13H2,1-2H3,(H,33,34). The molecule has 1 N–H and O–H groups in total. The first-order valence-electron chi connectivity index (χ1n) is 10.7. The van der Waals surface area contributed by atoms with Gasteiger partial charge in [0.05, 0.1) is 17.5 Å². The molecule has 36 heavy (non-hydrogen) atoms. The van der Waals surface area contributed by atoms with Crippen LogP contribution >= 0.6 is 0 Å². The summed E-state index contributed by atoms with van der Waals surface area (Å²) >= 11 is 0. The number of nitrogens with zero attached hydrogens (tertiary/aromatic N) is 3. The number of halogens is 3. The molecule has 2 aromatic heterocycles. The van der Waals surface area contributed by atoms with Crippen LogP contribution in [0.5, 0.6) is 5.75 Å². The first-order chi connectivity index (χ1) is 16.9. The van der Waals surface area contributed by atoms with Gasteiger partial charge in [0.2, 0.25) is 5.82 Å². The lowest BCUT2D eigenvalue weighted by Gasteiger charge is -2.20. The summed E-state index contributed by atoms with van der Waals surface area (Å²) < 4.78 is 47.6. The normalized spacial score (nSPS) is 11.9. The zero-order valence-electron chi connectivity index (χ0n) is 19.1. The van der Waals surface area contributed by atoms with Crippen molar-refractivity contribution in [3.8, 4) is 28.6 Å². The Morgan fingerprint density at radius 3 is 2.42 bits per heavy atom. The monoisotopic (exact) mass is 499 g/mol. The van der Waals surface area contributed by atoms with Crippen molar-refractivity contribution in [3.63, 3.8) is 0 Å². The van der Waals surface area contributed by atoms with Gasteiger partial charge in [0.25, 0.3) is 11.4 Å². The fraction of sp³-hybridized carbons (Fsp3) is 0.200. The van der Waals surface area contributed by atoms with Gasteiger partial charge in [0, 0.05) is 17.8 Å². The SMILES string of the molecule is CC(C)(C(=O)O)c1cccc(Cn2cc(-c3nc(-c4ccc(OC(F)(F)F)cc4)no3)ccc2=O)c1. The molecule has 0 aliphatic rings. The van der Waals surface area contributed by atoms with Gasteiger partial charge < -0.3 is 18.9 Å². The van der Waals surface area contributed by atoms with Gasteiger partial charge in [-0.1, -0.05) is 29.4 Å². The largest absolute Gasteiger partial charge is 0.573 e. The van der Waals surface area contributed by atoms with Crippen LogP contribution in [0.2, 0.25) is 0 Å². The van der Waals surface area contributed by atoms with Crippen molar-refractivity contribution >= 4 is 5.97 Å². The molecule has 0 amide bonds. The van der Waals surface area contributed by atoms with E-state index in [4.69, 9.17) is 4.52 Å². The number of alkyl halides is 3. The number of aromatic nitrogens is 3. The number of aliphatic carboxylic acids is 1. The van der Waals surface area contributed by atoms with Crippen LogP contribution in [-0.4, -0.2) is 32.1 Å². The minimum Gasteiger partial charge on any atom is -0.481 e. The van der Waals surface area contributed by atoms with Crippen molar-refractivity contribution < 1.29 is 32.3 Å². The minimum atomic E-state index is -4.79. The minimum absolute atomic E-state index is 0.107. The number of hydrogen-bond acceptors (Lipinski definition) is 6. The smallest absolute Gasteiger partial charge is 0.481 e. The molecule has 0 fully saturated rings. The topological polar surface area (TPSA) is 107 Å². The van der Waals surface area contributed by atoms with E-state index >= 15 is 0 Å². The van der Waals surface area contributed by atoms with Crippen LogP contribution in [0.15, 0.2) is 76.2 Å². The average Bonchev–Trinajstić information content (AvgIpc) is 3.30. The summed E-state index contributed by atoms with van der Waals surface area (Å²) in [7, 11) is 0. The van der Waals surface area contributed by atoms with Crippen molar-refractivity contribution in [1.82, 2.24) is 14.7 Å². The second-order valence-corrected chi connectivity index (χ2v) is 8.51. The van der Waals surface area contributed by atoms with Crippen LogP contribution in [0.4, 0.5) is 13.2 Å². The second-order valence-electron chi connectivity index (χ2n) is 8.51. The predicted octanol–water partition coefficient (Wildman–Crippen LogP) is 4.87. The number of carboxylic acids is 1. The molecule has 11 heteroatoms. The highest BCUT2D eigenvalue weighted by molar-refractivity contribution is 5.80. The highest BCUT2D eigenvalue weighted by Crippen LogP contribution is 2.27. The lowest BCUT2D eigenvalue weighted by molar-refractivity contribution is -0.274. The number of ether oxygens (including phenoxy) is 1. The summed E-state index contributed by atoms with van der Waals surface area (Å²) in [5, 5.41) is 13.4. The third-order valence-corrected chi connectivity index (χ3v) is 5.54. The molecule has 0 aliphatic heterocycles. The van der Waals surface area contributed by atoms with Crippen LogP contribution in [-0.2, 0) is 16.8 Å². The Morgan fingerprint density at radius 1 is 1.06 bits per heavy atom. The molecule has 0 saturated heterocycles. The first-order valence-corrected chi connectivity index (χ1v) is 10.7. The third-order valence-electron chi connectivity index (χ3n) is 5.54. The Labute approximate surface area is 202 Å². The molecule has 2 aromatic carbocycles. The zero-order chi connectivity index (χ0) is 26.1. The van der Waals surface area contributed by atoms with Gasteiger partial charge in [0.15, 0.2) is 0 Å². The number of rotatable bonds is 7. The second kappa shape index (κ2) is 9.33. The molecule has 0 spiro atoms. The van der Waals surface area contributed by atoms with Crippen LogP contribution in [0.3, 0.4) is 0 Å². The fourth-order valence-electron chi connectivity index (χ4n) is 3.42. The first kappa shape index (κ1) is 24.7. The van der Waals surface area contributed by atoms with Gasteiger partial charge in [-0.2, -0.15) is 4.98 Å². The molecule has 0 saturated carbocycles. The van der Waals surface area contributed by atoms with Crippen LogP contribution in [0.25, 0.3) is 22.8 Å². The number of pyridine rings is 1. The Bertz CT molecular complexity index is 1460. The van der Waals surface area contributed by atoms with Crippen LogP contribution in [0.1, 0.15) is 25.0 Å². The Balaban J connectivity index is 1.57. The van der Waals surface area contributed by atoms with Gasteiger partial charge in [-0.3, -0.25) is 9.59 Å². The molecule has 4 rings (SSSR count). The maximum atomic E-state index is 12.5. The van der Waals surface area contributed by atoms with E-state index in [1.54, 1.807) is 38.1 Å². The van der Waals surface area contributed by atoms with E-state index in [1.165, 1.54) is 35.0 Å². The summed E-state index contributed by atoms with van der Waals surface area (Å²) in [5.41, 5.74) is 0.804. The summed E-state index contributed by atoms with van der Waals surface area (Å²) in [4.78, 5) is 28.3. The average molecular weight is 499 g/mol. The number of benzene rings is 2. The van der Waals surface area contributed by atoms with Gasteiger partial charge in [-0.25, -0.2) is 0 Å². The summed E-state index contributed by atoms with van der Waals surface area (Å²) in [6.45, 7) is 3.38. The number of hydrogen-bond donors (Lipinski definition) is 1. The van der Waals surface area contributed by atoms with Gasteiger partial charge in [0.1, 0.15) is 5.75 Å². The Morgan fingerprint density at radius 2 is 1.75 bits per heavy atom. The molecule has 8 nitrogen and oxygen atoms in total. The van der Waals surface area contributed by atoms with E-state index in [0.29, 0.717) is 16.7 Å². The summed E-state index contributed by atoms with van der Waals surface area (Å²) in [6.07, 6.45) is -3.26. The van der Waals surface area contributed by atoms with E-state index in [2.05, 4.69) is 14.9 Å². The molecule has 2 heterocycles. The van der Waals surface area contributed by atoms with Crippen molar-refractivity contribution in [2.75, 3.05) is 0 Å². The van der Waals surface area contributed by atoms with Gasteiger partial charge in [-0.05, 0) is 55.3 Å². The highest BCUT2D eigenvalue weighted by Gasteiger charge is 2.31. The number of carboxylic acid groups (broad SMARTS) is 1. The molecule has 0 radical (unpaired) electrons. The Hall–Kier alpha value is -4.41.